The maximum atomic E-state index is 13.0. The molecule has 40 heavy (non-hydrogen) atoms. The minimum Gasteiger partial charge on any atom is -0.507 e. The predicted octanol–water partition coefficient (Wildman–Crippen LogP) is 6.92. The van der Waals surface area contributed by atoms with Gasteiger partial charge < -0.3 is 28.5 Å². The molecular formula is C26H18F6O8. The Balaban J connectivity index is 0.000000220. The number of carbonyl (C=O) groups is 2. The lowest BCUT2D eigenvalue weighted by Gasteiger charge is -2.14. The van der Waals surface area contributed by atoms with Crippen LogP contribution in [0.5, 0.6) is 11.5 Å². The Labute approximate surface area is 221 Å². The van der Waals surface area contributed by atoms with Crippen LogP contribution in [-0.2, 0) is 21.8 Å². The zero-order chi connectivity index (χ0) is 29.8. The molecule has 0 fully saturated rings. The van der Waals surface area contributed by atoms with E-state index in [4.69, 9.17) is 8.83 Å². The van der Waals surface area contributed by atoms with Gasteiger partial charge in [-0.3, -0.25) is 0 Å². The molecule has 0 bridgehead atoms. The molecule has 0 atom stereocenters. The molecule has 2 aromatic heterocycles. The van der Waals surface area contributed by atoms with Crippen molar-refractivity contribution in [2.45, 2.75) is 12.4 Å². The number of ether oxygens (including phenoxy) is 2. The molecule has 0 amide bonds. The van der Waals surface area contributed by atoms with E-state index in [2.05, 4.69) is 9.47 Å². The van der Waals surface area contributed by atoms with Crippen molar-refractivity contribution in [1.29, 1.82) is 0 Å². The molecule has 4 rings (SSSR count). The van der Waals surface area contributed by atoms with Gasteiger partial charge in [-0.15, -0.1) is 0 Å². The number of benzene rings is 2. The third-order valence-corrected chi connectivity index (χ3v) is 5.24. The number of carbonyl (C=O) groups excluding carboxylic acids is 2. The standard InChI is InChI=1S/2C13H9F3O4/c2*1-19-12(18)11-8(13(14,15)16)5-7(6-9(11)17)10-3-2-4-20-10/h2*2-6,17H,1H3. The fraction of sp³-hybridized carbons (Fsp3) is 0.154. The van der Waals surface area contributed by atoms with Crippen LogP contribution in [0.15, 0.2) is 69.9 Å². The summed E-state index contributed by atoms with van der Waals surface area (Å²) < 4.78 is 96.5. The highest BCUT2D eigenvalue weighted by Crippen LogP contribution is 2.41. The van der Waals surface area contributed by atoms with Gasteiger partial charge in [0, 0.05) is 11.1 Å². The number of hydrogen-bond donors (Lipinski definition) is 2. The van der Waals surface area contributed by atoms with Crippen LogP contribution in [0, 0.1) is 0 Å². The lowest BCUT2D eigenvalue weighted by molar-refractivity contribution is -0.138. The fourth-order valence-corrected chi connectivity index (χ4v) is 3.50. The smallest absolute Gasteiger partial charge is 0.417 e. The Kier molecular flexibility index (Phi) is 8.51. The molecule has 0 saturated carbocycles. The maximum Gasteiger partial charge on any atom is 0.417 e. The third-order valence-electron chi connectivity index (χ3n) is 5.24. The van der Waals surface area contributed by atoms with E-state index in [1.807, 2.05) is 0 Å². The third kappa shape index (κ3) is 6.39. The van der Waals surface area contributed by atoms with Crippen molar-refractivity contribution in [3.05, 3.63) is 83.3 Å². The molecule has 4 aromatic rings. The van der Waals surface area contributed by atoms with E-state index in [9.17, 15) is 46.1 Å². The Hall–Kier alpha value is -4.88. The summed E-state index contributed by atoms with van der Waals surface area (Å²) in [4.78, 5) is 22.8. The number of phenols is 2. The van der Waals surface area contributed by atoms with E-state index in [1.165, 1.54) is 36.8 Å². The van der Waals surface area contributed by atoms with Gasteiger partial charge >= 0.3 is 24.3 Å². The minimum absolute atomic E-state index is 0.00692. The van der Waals surface area contributed by atoms with Crippen molar-refractivity contribution in [3.63, 3.8) is 0 Å². The normalized spacial score (nSPS) is 11.4. The van der Waals surface area contributed by atoms with Crippen LogP contribution in [0.4, 0.5) is 26.3 Å². The van der Waals surface area contributed by atoms with E-state index < -0.39 is 58.0 Å². The average Bonchev–Trinajstić information content (AvgIpc) is 3.61. The largest absolute Gasteiger partial charge is 0.507 e. The SMILES string of the molecule is COC(=O)c1c(O)cc(-c2ccco2)cc1C(F)(F)F.COC(=O)c1c(O)cc(-c2ccco2)cc1C(F)(F)F. The Morgan fingerprint density at radius 1 is 0.675 bits per heavy atom. The highest BCUT2D eigenvalue weighted by molar-refractivity contribution is 5.96. The number of phenolic OH excluding ortho intramolecular Hbond substituents is 2. The number of methoxy groups -OCH3 is 2. The fourth-order valence-electron chi connectivity index (χ4n) is 3.50. The molecular weight excluding hydrogens is 554 g/mol. The summed E-state index contributed by atoms with van der Waals surface area (Å²) in [6, 6.07) is 9.34. The van der Waals surface area contributed by atoms with Crippen LogP contribution in [0.2, 0.25) is 0 Å². The maximum absolute atomic E-state index is 13.0. The van der Waals surface area contributed by atoms with Gasteiger partial charge in [0.05, 0.1) is 37.9 Å². The number of alkyl halides is 6. The van der Waals surface area contributed by atoms with Crippen molar-refractivity contribution >= 4 is 11.9 Å². The summed E-state index contributed by atoms with van der Waals surface area (Å²) >= 11 is 0. The van der Waals surface area contributed by atoms with E-state index in [0.29, 0.717) is 0 Å². The molecule has 0 aliphatic carbocycles. The molecule has 14 heteroatoms. The summed E-state index contributed by atoms with van der Waals surface area (Å²) in [7, 11) is 1.87. The minimum atomic E-state index is -4.82. The summed E-state index contributed by atoms with van der Waals surface area (Å²) in [5, 5.41) is 19.4. The van der Waals surface area contributed by atoms with E-state index >= 15 is 0 Å². The molecule has 2 aromatic carbocycles. The highest BCUT2D eigenvalue weighted by atomic mass is 19.4. The zero-order valence-corrected chi connectivity index (χ0v) is 20.4. The lowest BCUT2D eigenvalue weighted by atomic mass is 10.0. The first-order valence-electron chi connectivity index (χ1n) is 10.8. The van der Waals surface area contributed by atoms with Crippen molar-refractivity contribution in [2.75, 3.05) is 14.2 Å². The summed E-state index contributed by atoms with van der Waals surface area (Å²) in [6.07, 6.45) is -7.06. The highest BCUT2D eigenvalue weighted by Gasteiger charge is 2.39. The molecule has 0 aliphatic rings. The van der Waals surface area contributed by atoms with Crippen LogP contribution in [-0.4, -0.2) is 36.4 Å². The predicted molar refractivity (Wildman–Crippen MR) is 124 cm³/mol. The van der Waals surface area contributed by atoms with Crippen molar-refractivity contribution < 1.29 is 64.5 Å². The summed E-state index contributed by atoms with van der Waals surface area (Å²) in [6.45, 7) is 0. The second-order valence-electron chi connectivity index (χ2n) is 7.77. The van der Waals surface area contributed by atoms with Gasteiger partial charge in [0.15, 0.2) is 0 Å². The van der Waals surface area contributed by atoms with Crippen LogP contribution in [0.25, 0.3) is 22.6 Å². The number of esters is 2. The molecule has 0 saturated heterocycles. The monoisotopic (exact) mass is 572 g/mol. The van der Waals surface area contributed by atoms with Gasteiger partial charge in [-0.25, -0.2) is 9.59 Å². The molecule has 8 nitrogen and oxygen atoms in total. The Morgan fingerprint density at radius 3 is 1.27 bits per heavy atom. The van der Waals surface area contributed by atoms with Gasteiger partial charge in [0.25, 0.3) is 0 Å². The van der Waals surface area contributed by atoms with Crippen molar-refractivity contribution in [2.24, 2.45) is 0 Å². The molecule has 0 aliphatic heterocycles. The molecule has 212 valence electrons. The van der Waals surface area contributed by atoms with Crippen LogP contribution in [0.3, 0.4) is 0 Å². The number of aromatic hydroxyl groups is 2. The van der Waals surface area contributed by atoms with Gasteiger partial charge in [0.2, 0.25) is 0 Å². The Morgan fingerprint density at radius 2 is 1.02 bits per heavy atom. The molecule has 0 radical (unpaired) electrons. The second kappa shape index (κ2) is 11.5. The van der Waals surface area contributed by atoms with Gasteiger partial charge in [0.1, 0.15) is 34.1 Å². The second-order valence-corrected chi connectivity index (χ2v) is 7.77. The zero-order valence-electron chi connectivity index (χ0n) is 20.4. The van der Waals surface area contributed by atoms with Crippen molar-refractivity contribution in [3.8, 4) is 34.1 Å². The van der Waals surface area contributed by atoms with Gasteiger partial charge in [-0.05, 0) is 48.5 Å². The Bertz CT molecular complexity index is 1370. The van der Waals surface area contributed by atoms with Gasteiger partial charge in [-0.2, -0.15) is 26.3 Å². The average molecular weight is 572 g/mol. The van der Waals surface area contributed by atoms with Gasteiger partial charge in [-0.1, -0.05) is 0 Å². The van der Waals surface area contributed by atoms with Crippen LogP contribution >= 0.6 is 0 Å². The first kappa shape index (κ1) is 29.7. The van der Waals surface area contributed by atoms with E-state index in [1.54, 1.807) is 0 Å². The number of hydrogen-bond acceptors (Lipinski definition) is 8. The van der Waals surface area contributed by atoms with Crippen LogP contribution < -0.4 is 0 Å². The molecule has 0 spiro atoms. The molecule has 0 unspecified atom stereocenters. The number of furan rings is 2. The summed E-state index contributed by atoms with van der Waals surface area (Å²) in [5.74, 6) is -3.89. The number of halogens is 6. The quantitative estimate of drug-likeness (QED) is 0.200. The summed E-state index contributed by atoms with van der Waals surface area (Å²) in [5.41, 5.74) is -4.39. The first-order chi connectivity index (χ1) is 18.7. The number of rotatable bonds is 4. The molecule has 2 heterocycles. The van der Waals surface area contributed by atoms with Crippen LogP contribution in [0.1, 0.15) is 31.8 Å². The lowest BCUT2D eigenvalue weighted by Crippen LogP contribution is -2.14. The first-order valence-corrected chi connectivity index (χ1v) is 10.8. The molecule has 2 N–H and O–H groups in total. The topological polar surface area (TPSA) is 119 Å². The van der Waals surface area contributed by atoms with E-state index in [0.717, 1.165) is 38.5 Å². The van der Waals surface area contributed by atoms with E-state index in [-0.39, 0.29) is 22.6 Å². The van der Waals surface area contributed by atoms with Crippen molar-refractivity contribution in [1.82, 2.24) is 0 Å².